The topological polar surface area (TPSA) is 93.7 Å². The smallest absolute Gasteiger partial charge is 0.434 e. The Morgan fingerprint density at radius 3 is 2.24 bits per heavy atom. The van der Waals surface area contributed by atoms with Gasteiger partial charge in [-0.3, -0.25) is 9.59 Å². The molecule has 2 aromatic carbocycles. The van der Waals surface area contributed by atoms with Crippen molar-refractivity contribution in [2.24, 2.45) is 0 Å². The molecule has 8 heteroatoms. The van der Waals surface area contributed by atoms with Crippen molar-refractivity contribution in [2.75, 3.05) is 19.7 Å². The van der Waals surface area contributed by atoms with Crippen LogP contribution in [0.15, 0.2) is 53.0 Å². The van der Waals surface area contributed by atoms with Gasteiger partial charge >= 0.3 is 6.16 Å². The number of rotatable bonds is 9. The molecule has 0 atom stereocenters. The molecule has 0 aromatic heterocycles. The summed E-state index contributed by atoms with van der Waals surface area (Å²) in [7, 11) is 0. The normalized spacial score (nSPS) is 10.1. The van der Waals surface area contributed by atoms with E-state index in [2.05, 4.69) is 31.3 Å². The highest BCUT2D eigenvalue weighted by Gasteiger charge is 2.08. The van der Waals surface area contributed by atoms with E-state index in [0.29, 0.717) is 37.2 Å². The summed E-state index contributed by atoms with van der Waals surface area (Å²) in [6, 6.07) is 13.7. The van der Waals surface area contributed by atoms with Crippen molar-refractivity contribution in [1.82, 2.24) is 10.6 Å². The van der Waals surface area contributed by atoms with E-state index in [1.807, 2.05) is 24.3 Å². The Kier molecular flexibility index (Phi) is 9.17. The van der Waals surface area contributed by atoms with Gasteiger partial charge in [0, 0.05) is 23.1 Å². The molecule has 29 heavy (non-hydrogen) atoms. The number of hydrogen-bond acceptors (Lipinski definition) is 5. The van der Waals surface area contributed by atoms with E-state index in [1.54, 1.807) is 19.1 Å². The molecule has 7 nitrogen and oxygen atoms in total. The van der Waals surface area contributed by atoms with Gasteiger partial charge in [0.2, 0.25) is 5.91 Å². The third kappa shape index (κ3) is 8.35. The Morgan fingerprint density at radius 1 is 0.931 bits per heavy atom. The number of benzene rings is 2. The van der Waals surface area contributed by atoms with E-state index in [-0.39, 0.29) is 18.4 Å². The number of halogens is 1. The number of hydrogen-bond donors (Lipinski definition) is 2. The molecule has 0 saturated heterocycles. The number of nitrogens with one attached hydrogen (secondary N) is 2. The highest BCUT2D eigenvalue weighted by molar-refractivity contribution is 9.10. The molecule has 2 rings (SSSR count). The summed E-state index contributed by atoms with van der Waals surface area (Å²) < 4.78 is 10.6. The summed E-state index contributed by atoms with van der Waals surface area (Å²) in [6.45, 7) is 2.81. The number of ether oxygens (including phenoxy) is 2. The zero-order valence-corrected chi connectivity index (χ0v) is 17.7. The second kappa shape index (κ2) is 11.9. The third-order valence-corrected chi connectivity index (χ3v) is 4.35. The Labute approximate surface area is 177 Å². The van der Waals surface area contributed by atoms with Gasteiger partial charge in [0.15, 0.2) is 0 Å². The van der Waals surface area contributed by atoms with Crippen LogP contribution in [0.5, 0.6) is 5.75 Å². The van der Waals surface area contributed by atoms with Crippen LogP contribution in [-0.2, 0) is 16.0 Å². The number of carbonyl (C=O) groups excluding carboxylic acids is 3. The standard InChI is InChI=1S/C21H23BrN2O5/c1-2-28-21(27)29-18-10-6-16(7-11-18)20(26)24-13-3-12-23-19(25)14-15-4-8-17(22)9-5-15/h4-11H,2-3,12-14H2,1H3,(H,23,25)(H,24,26). The van der Waals surface area contributed by atoms with Crippen LogP contribution in [0.4, 0.5) is 4.79 Å². The number of amides is 2. The average Bonchev–Trinajstić information content (AvgIpc) is 2.70. The van der Waals surface area contributed by atoms with Gasteiger partial charge < -0.3 is 20.1 Å². The quantitative estimate of drug-likeness (QED) is 0.338. The molecule has 0 aliphatic rings. The van der Waals surface area contributed by atoms with Crippen molar-refractivity contribution >= 4 is 33.9 Å². The van der Waals surface area contributed by atoms with Crippen LogP contribution >= 0.6 is 15.9 Å². The van der Waals surface area contributed by atoms with Gasteiger partial charge in [-0.1, -0.05) is 28.1 Å². The fourth-order valence-corrected chi connectivity index (χ4v) is 2.65. The van der Waals surface area contributed by atoms with Gasteiger partial charge in [0.05, 0.1) is 13.0 Å². The lowest BCUT2D eigenvalue weighted by Crippen LogP contribution is -2.30. The minimum Gasteiger partial charge on any atom is -0.434 e. The first-order chi connectivity index (χ1) is 14.0. The van der Waals surface area contributed by atoms with Gasteiger partial charge in [-0.25, -0.2) is 4.79 Å². The van der Waals surface area contributed by atoms with Gasteiger partial charge in [-0.2, -0.15) is 0 Å². The molecule has 0 aliphatic carbocycles. The van der Waals surface area contributed by atoms with E-state index < -0.39 is 6.16 Å². The van der Waals surface area contributed by atoms with E-state index in [4.69, 9.17) is 4.74 Å². The number of carbonyl (C=O) groups is 3. The second-order valence-electron chi connectivity index (χ2n) is 6.07. The van der Waals surface area contributed by atoms with Crippen molar-refractivity contribution in [3.8, 4) is 5.75 Å². The zero-order valence-electron chi connectivity index (χ0n) is 16.1. The van der Waals surface area contributed by atoms with Crippen LogP contribution in [0.2, 0.25) is 0 Å². The molecule has 0 aliphatic heterocycles. The minimum atomic E-state index is -0.785. The lowest BCUT2D eigenvalue weighted by Gasteiger charge is -2.08. The predicted octanol–water partition coefficient (Wildman–Crippen LogP) is 3.46. The van der Waals surface area contributed by atoms with Gasteiger partial charge in [0.1, 0.15) is 5.75 Å². The van der Waals surface area contributed by atoms with Crippen molar-refractivity contribution in [3.63, 3.8) is 0 Å². The Balaban J connectivity index is 1.64. The second-order valence-corrected chi connectivity index (χ2v) is 6.99. The maximum absolute atomic E-state index is 12.1. The fourth-order valence-electron chi connectivity index (χ4n) is 2.39. The molecule has 2 N–H and O–H groups in total. The first-order valence-corrected chi connectivity index (χ1v) is 10.0. The first kappa shape index (κ1) is 22.4. The van der Waals surface area contributed by atoms with Crippen molar-refractivity contribution in [3.05, 3.63) is 64.1 Å². The van der Waals surface area contributed by atoms with E-state index in [1.165, 1.54) is 12.1 Å². The Bertz CT molecular complexity index is 822. The van der Waals surface area contributed by atoms with E-state index >= 15 is 0 Å². The average molecular weight is 463 g/mol. The van der Waals surface area contributed by atoms with Crippen molar-refractivity contribution in [1.29, 1.82) is 0 Å². The summed E-state index contributed by atoms with van der Waals surface area (Å²) in [5.41, 5.74) is 1.38. The van der Waals surface area contributed by atoms with Gasteiger partial charge in [0.25, 0.3) is 5.91 Å². The third-order valence-electron chi connectivity index (χ3n) is 3.82. The van der Waals surface area contributed by atoms with E-state index in [9.17, 15) is 14.4 Å². The lowest BCUT2D eigenvalue weighted by atomic mass is 10.1. The molecular weight excluding hydrogens is 440 g/mol. The van der Waals surface area contributed by atoms with Crippen molar-refractivity contribution < 1.29 is 23.9 Å². The summed E-state index contributed by atoms with van der Waals surface area (Å²) >= 11 is 3.36. The largest absolute Gasteiger partial charge is 0.513 e. The van der Waals surface area contributed by atoms with Crippen LogP contribution in [0, 0.1) is 0 Å². The maximum atomic E-state index is 12.1. The summed E-state index contributed by atoms with van der Waals surface area (Å²) in [5, 5.41) is 5.61. The monoisotopic (exact) mass is 462 g/mol. The van der Waals surface area contributed by atoms with Gasteiger partial charge in [-0.15, -0.1) is 0 Å². The molecule has 2 aromatic rings. The highest BCUT2D eigenvalue weighted by Crippen LogP contribution is 2.13. The van der Waals surface area contributed by atoms with Crippen LogP contribution in [0.1, 0.15) is 29.3 Å². The summed E-state index contributed by atoms with van der Waals surface area (Å²) in [5.74, 6) is -0.00167. The fraction of sp³-hybridized carbons (Fsp3) is 0.286. The Hall–Kier alpha value is -2.87. The highest BCUT2D eigenvalue weighted by atomic mass is 79.9. The van der Waals surface area contributed by atoms with E-state index in [0.717, 1.165) is 10.0 Å². The molecule has 0 unspecified atom stereocenters. The zero-order chi connectivity index (χ0) is 21.1. The first-order valence-electron chi connectivity index (χ1n) is 9.22. The van der Waals surface area contributed by atoms with Crippen LogP contribution in [0.25, 0.3) is 0 Å². The summed E-state index contributed by atoms with van der Waals surface area (Å²) in [4.78, 5) is 35.3. The molecule has 2 amide bonds. The predicted molar refractivity (Wildman–Crippen MR) is 112 cm³/mol. The molecule has 154 valence electrons. The SMILES string of the molecule is CCOC(=O)Oc1ccc(C(=O)NCCCNC(=O)Cc2ccc(Br)cc2)cc1. The van der Waals surface area contributed by atoms with Crippen LogP contribution in [0.3, 0.4) is 0 Å². The minimum absolute atomic E-state index is 0.0594. The molecular formula is C21H23BrN2O5. The van der Waals surface area contributed by atoms with Crippen LogP contribution in [-0.4, -0.2) is 37.7 Å². The molecule has 0 spiro atoms. The van der Waals surface area contributed by atoms with Gasteiger partial charge in [-0.05, 0) is 55.3 Å². The van der Waals surface area contributed by atoms with Crippen LogP contribution < -0.4 is 15.4 Å². The van der Waals surface area contributed by atoms with Crippen molar-refractivity contribution in [2.45, 2.75) is 19.8 Å². The maximum Gasteiger partial charge on any atom is 0.513 e. The molecule has 0 fully saturated rings. The molecule has 0 saturated carbocycles. The lowest BCUT2D eigenvalue weighted by molar-refractivity contribution is -0.120. The Morgan fingerprint density at radius 2 is 1.59 bits per heavy atom. The molecule has 0 radical (unpaired) electrons. The molecule has 0 bridgehead atoms. The molecule has 0 heterocycles. The summed E-state index contributed by atoms with van der Waals surface area (Å²) in [6.07, 6.45) is 0.147.